The van der Waals surface area contributed by atoms with Gasteiger partial charge in [-0.05, 0) is 23.6 Å². The number of fused-ring (bicyclic) bond motifs is 1. The van der Waals surface area contributed by atoms with Gasteiger partial charge in [0, 0.05) is 18.3 Å². The fourth-order valence-electron chi connectivity index (χ4n) is 2.03. The van der Waals surface area contributed by atoms with Crippen LogP contribution in [0.3, 0.4) is 0 Å². The zero-order valence-corrected chi connectivity index (χ0v) is 12.4. The van der Waals surface area contributed by atoms with Crippen molar-refractivity contribution in [1.82, 2.24) is 9.97 Å². The summed E-state index contributed by atoms with van der Waals surface area (Å²) in [6, 6.07) is 9.83. The number of hydrogen-bond acceptors (Lipinski definition) is 5. The molecular weight excluding hydrogens is 288 g/mol. The maximum Gasteiger partial charge on any atom is 0.144 e. The highest BCUT2D eigenvalue weighted by atomic mass is 32.1. The Morgan fingerprint density at radius 1 is 1.30 bits per heavy atom. The molecule has 0 atom stereocenters. The predicted octanol–water partition coefficient (Wildman–Crippen LogP) is 3.09. The molecule has 20 heavy (non-hydrogen) atoms. The zero-order valence-electron chi connectivity index (χ0n) is 10.8. The minimum Gasteiger partial charge on any atom is -0.389 e. The van der Waals surface area contributed by atoms with Crippen molar-refractivity contribution in [3.05, 3.63) is 47.6 Å². The molecule has 0 spiro atoms. The van der Waals surface area contributed by atoms with Gasteiger partial charge in [0.25, 0.3) is 0 Å². The molecule has 0 aliphatic rings. The van der Waals surface area contributed by atoms with Gasteiger partial charge >= 0.3 is 0 Å². The van der Waals surface area contributed by atoms with E-state index in [9.17, 15) is 0 Å². The number of aromatic nitrogens is 2. The normalized spacial score (nSPS) is 10.7. The Bertz CT molecular complexity index is 781. The van der Waals surface area contributed by atoms with Crippen LogP contribution >= 0.6 is 23.6 Å². The minimum atomic E-state index is 0.392. The Balaban J connectivity index is 2.08. The number of anilines is 2. The van der Waals surface area contributed by atoms with Crippen molar-refractivity contribution >= 4 is 50.3 Å². The highest BCUT2D eigenvalue weighted by Gasteiger charge is 2.11. The van der Waals surface area contributed by atoms with Gasteiger partial charge in [-0.2, -0.15) is 0 Å². The van der Waals surface area contributed by atoms with E-state index < -0.39 is 0 Å². The van der Waals surface area contributed by atoms with Crippen molar-refractivity contribution in [3.63, 3.8) is 0 Å². The summed E-state index contributed by atoms with van der Waals surface area (Å²) in [5, 5.41) is 3.06. The smallest absolute Gasteiger partial charge is 0.144 e. The number of rotatable bonds is 3. The topological polar surface area (TPSA) is 55.0 Å². The predicted molar refractivity (Wildman–Crippen MR) is 87.8 cm³/mol. The highest BCUT2D eigenvalue weighted by molar-refractivity contribution is 7.80. The van der Waals surface area contributed by atoms with Gasteiger partial charge in [0.15, 0.2) is 0 Å². The molecule has 2 heterocycles. The standard InChI is InChI=1S/C14H12N4S2/c1-18(10-4-2-3-9(7-10)12(15)19)13-11-5-6-20-14(11)17-8-16-13/h2-8H,1H3,(H2,15,19). The molecule has 2 aromatic heterocycles. The third kappa shape index (κ3) is 2.23. The molecule has 1 aromatic carbocycles. The van der Waals surface area contributed by atoms with Gasteiger partial charge < -0.3 is 10.6 Å². The molecule has 0 amide bonds. The third-order valence-electron chi connectivity index (χ3n) is 3.08. The van der Waals surface area contributed by atoms with Crippen LogP contribution in [-0.2, 0) is 0 Å². The van der Waals surface area contributed by atoms with E-state index in [0.717, 1.165) is 27.3 Å². The average Bonchev–Trinajstić information content (AvgIpc) is 2.95. The van der Waals surface area contributed by atoms with Crippen molar-refractivity contribution < 1.29 is 0 Å². The van der Waals surface area contributed by atoms with E-state index in [1.54, 1.807) is 17.7 Å². The van der Waals surface area contributed by atoms with Gasteiger partial charge in [0.05, 0.1) is 5.39 Å². The van der Waals surface area contributed by atoms with E-state index in [2.05, 4.69) is 9.97 Å². The van der Waals surface area contributed by atoms with Gasteiger partial charge in [-0.1, -0.05) is 24.4 Å². The SMILES string of the molecule is CN(c1cccc(C(N)=S)c1)c1ncnc2sccc12. The van der Waals surface area contributed by atoms with E-state index in [0.29, 0.717) is 4.99 Å². The lowest BCUT2D eigenvalue weighted by atomic mass is 10.2. The van der Waals surface area contributed by atoms with Gasteiger partial charge in [0.1, 0.15) is 22.0 Å². The Hall–Kier alpha value is -2.05. The van der Waals surface area contributed by atoms with Crippen LogP contribution in [0.4, 0.5) is 11.5 Å². The molecular formula is C14H12N4S2. The van der Waals surface area contributed by atoms with Crippen molar-refractivity contribution in [2.24, 2.45) is 5.73 Å². The zero-order chi connectivity index (χ0) is 14.1. The summed E-state index contributed by atoms with van der Waals surface area (Å²) < 4.78 is 0. The van der Waals surface area contributed by atoms with Crippen LogP contribution in [0.1, 0.15) is 5.56 Å². The number of thiocarbonyl (C=S) groups is 1. The second-order valence-corrected chi connectivity index (χ2v) is 5.64. The minimum absolute atomic E-state index is 0.392. The van der Waals surface area contributed by atoms with Crippen LogP contribution in [-0.4, -0.2) is 22.0 Å². The second-order valence-electron chi connectivity index (χ2n) is 4.31. The van der Waals surface area contributed by atoms with E-state index in [1.807, 2.05) is 47.7 Å². The van der Waals surface area contributed by atoms with Crippen LogP contribution in [0.15, 0.2) is 42.0 Å². The molecule has 0 radical (unpaired) electrons. The van der Waals surface area contributed by atoms with Gasteiger partial charge in [-0.25, -0.2) is 9.97 Å². The number of thiophene rings is 1. The first-order valence-electron chi connectivity index (χ1n) is 5.98. The lowest BCUT2D eigenvalue weighted by Crippen LogP contribution is -2.14. The second kappa shape index (κ2) is 5.15. The molecule has 6 heteroatoms. The Kier molecular flexibility index (Phi) is 3.33. The third-order valence-corrected chi connectivity index (χ3v) is 4.13. The molecule has 3 rings (SSSR count). The van der Waals surface area contributed by atoms with Crippen molar-refractivity contribution in [2.45, 2.75) is 0 Å². The molecule has 0 saturated carbocycles. The van der Waals surface area contributed by atoms with E-state index >= 15 is 0 Å². The molecule has 3 aromatic rings. The fraction of sp³-hybridized carbons (Fsp3) is 0.0714. The van der Waals surface area contributed by atoms with Crippen LogP contribution < -0.4 is 10.6 Å². The summed E-state index contributed by atoms with van der Waals surface area (Å²) in [6.45, 7) is 0. The van der Waals surface area contributed by atoms with Crippen LogP contribution in [0.2, 0.25) is 0 Å². The van der Waals surface area contributed by atoms with Crippen molar-refractivity contribution in [3.8, 4) is 0 Å². The van der Waals surface area contributed by atoms with Gasteiger partial charge in [-0.15, -0.1) is 11.3 Å². The maximum atomic E-state index is 5.68. The molecule has 0 aliphatic carbocycles. The average molecular weight is 300 g/mol. The summed E-state index contributed by atoms with van der Waals surface area (Å²) in [7, 11) is 1.97. The number of nitrogens with two attached hydrogens (primary N) is 1. The van der Waals surface area contributed by atoms with Crippen molar-refractivity contribution in [2.75, 3.05) is 11.9 Å². The van der Waals surface area contributed by atoms with Crippen molar-refractivity contribution in [1.29, 1.82) is 0 Å². The molecule has 100 valence electrons. The lowest BCUT2D eigenvalue weighted by Gasteiger charge is -2.19. The summed E-state index contributed by atoms with van der Waals surface area (Å²) in [5.74, 6) is 0.872. The Morgan fingerprint density at radius 3 is 2.95 bits per heavy atom. The first-order valence-corrected chi connectivity index (χ1v) is 7.27. The lowest BCUT2D eigenvalue weighted by molar-refractivity contribution is 1.11. The van der Waals surface area contributed by atoms with Crippen LogP contribution in [0.25, 0.3) is 10.2 Å². The fourth-order valence-corrected chi connectivity index (χ4v) is 2.89. The first-order chi connectivity index (χ1) is 9.66. The highest BCUT2D eigenvalue weighted by Crippen LogP contribution is 2.30. The Morgan fingerprint density at radius 2 is 2.15 bits per heavy atom. The molecule has 4 nitrogen and oxygen atoms in total. The molecule has 0 fully saturated rings. The molecule has 2 N–H and O–H groups in total. The largest absolute Gasteiger partial charge is 0.389 e. The summed E-state index contributed by atoms with van der Waals surface area (Å²) in [5.41, 5.74) is 7.52. The van der Waals surface area contributed by atoms with Gasteiger partial charge in [0.2, 0.25) is 0 Å². The Labute approximate surface area is 125 Å². The first kappa shape index (κ1) is 13.0. The summed E-state index contributed by atoms with van der Waals surface area (Å²) in [4.78, 5) is 12.0. The quantitative estimate of drug-likeness (QED) is 0.753. The number of nitrogens with zero attached hydrogens (tertiary/aromatic N) is 3. The summed E-state index contributed by atoms with van der Waals surface area (Å²) >= 11 is 6.63. The molecule has 0 bridgehead atoms. The molecule has 0 unspecified atom stereocenters. The number of benzene rings is 1. The van der Waals surface area contributed by atoms with E-state index in [-0.39, 0.29) is 0 Å². The van der Waals surface area contributed by atoms with E-state index in [4.69, 9.17) is 18.0 Å². The van der Waals surface area contributed by atoms with Crippen LogP contribution in [0.5, 0.6) is 0 Å². The summed E-state index contributed by atoms with van der Waals surface area (Å²) in [6.07, 6.45) is 1.59. The van der Waals surface area contributed by atoms with Crippen LogP contribution in [0, 0.1) is 0 Å². The van der Waals surface area contributed by atoms with E-state index in [1.165, 1.54) is 0 Å². The molecule has 0 aliphatic heterocycles. The maximum absolute atomic E-state index is 5.68. The monoisotopic (exact) mass is 300 g/mol. The molecule has 0 saturated heterocycles. The number of hydrogen-bond donors (Lipinski definition) is 1. The van der Waals surface area contributed by atoms with Gasteiger partial charge in [-0.3, -0.25) is 0 Å².